The summed E-state index contributed by atoms with van der Waals surface area (Å²) in [5, 5.41) is 8.39. The lowest BCUT2D eigenvalue weighted by Crippen LogP contribution is -2.39. The van der Waals surface area contributed by atoms with Crippen LogP contribution in [0.25, 0.3) is 11.0 Å². The molecule has 23 heavy (non-hydrogen) atoms. The predicted octanol–water partition coefficient (Wildman–Crippen LogP) is 2.01. The number of hydrogen-bond donors (Lipinski definition) is 0. The highest BCUT2D eigenvalue weighted by atomic mass is 32.1. The van der Waals surface area contributed by atoms with Crippen LogP contribution in [-0.2, 0) is 11.8 Å². The van der Waals surface area contributed by atoms with Crippen molar-refractivity contribution in [2.75, 3.05) is 24.6 Å². The molecule has 1 unspecified atom stereocenters. The summed E-state index contributed by atoms with van der Waals surface area (Å²) in [5.74, 6) is 1.69. The Kier molecular flexibility index (Phi) is 3.50. The van der Waals surface area contributed by atoms with Crippen LogP contribution >= 0.6 is 11.3 Å². The highest BCUT2D eigenvalue weighted by Crippen LogP contribution is 2.30. The Morgan fingerprint density at radius 1 is 1.26 bits per heavy atom. The van der Waals surface area contributed by atoms with E-state index in [9.17, 15) is 0 Å². The normalized spacial score (nSPS) is 18.7. The van der Waals surface area contributed by atoms with E-state index in [-0.39, 0.29) is 6.10 Å². The zero-order valence-corrected chi connectivity index (χ0v) is 14.2. The van der Waals surface area contributed by atoms with Crippen LogP contribution in [0.4, 0.5) is 5.82 Å². The molecule has 0 amide bonds. The number of aromatic nitrogens is 5. The lowest BCUT2D eigenvalue weighted by molar-refractivity contribution is 0.0394. The summed E-state index contributed by atoms with van der Waals surface area (Å²) in [6.07, 6.45) is 1.83. The number of aryl methyl sites for hydroxylation is 3. The first-order valence-electron chi connectivity index (χ1n) is 7.57. The monoisotopic (exact) mass is 330 g/mol. The third kappa shape index (κ3) is 2.57. The summed E-state index contributed by atoms with van der Waals surface area (Å²) >= 11 is 1.65. The van der Waals surface area contributed by atoms with Crippen molar-refractivity contribution in [1.29, 1.82) is 0 Å². The number of hydrogen-bond acceptors (Lipinski definition) is 7. The standard InChI is InChI=1S/C15H18N6OS/c1-9-8-23-15(17-9)12-7-21(4-5-22-12)14-11-6-16-20(3)13(11)18-10(2)19-14/h6,8,12H,4-5,7H2,1-3H3. The number of fused-ring (bicyclic) bond motifs is 1. The summed E-state index contributed by atoms with van der Waals surface area (Å²) in [7, 11) is 1.90. The third-order valence-corrected chi connectivity index (χ3v) is 5.02. The van der Waals surface area contributed by atoms with Crippen LogP contribution in [0.2, 0.25) is 0 Å². The van der Waals surface area contributed by atoms with Gasteiger partial charge in [-0.3, -0.25) is 4.68 Å². The Morgan fingerprint density at radius 2 is 2.13 bits per heavy atom. The maximum absolute atomic E-state index is 5.92. The Balaban J connectivity index is 1.70. The van der Waals surface area contributed by atoms with Gasteiger partial charge in [0, 0.05) is 24.7 Å². The molecule has 4 rings (SSSR count). The van der Waals surface area contributed by atoms with Crippen LogP contribution < -0.4 is 4.90 Å². The molecule has 1 atom stereocenters. The van der Waals surface area contributed by atoms with Gasteiger partial charge in [0.15, 0.2) is 5.65 Å². The topological polar surface area (TPSA) is 69.0 Å². The van der Waals surface area contributed by atoms with Crippen molar-refractivity contribution in [3.8, 4) is 0 Å². The van der Waals surface area contributed by atoms with Crippen molar-refractivity contribution in [3.05, 3.63) is 28.1 Å². The Bertz CT molecular complexity index is 857. The molecule has 0 saturated carbocycles. The first kappa shape index (κ1) is 14.5. The van der Waals surface area contributed by atoms with Gasteiger partial charge in [-0.05, 0) is 13.8 Å². The first-order valence-corrected chi connectivity index (χ1v) is 8.44. The second-order valence-electron chi connectivity index (χ2n) is 5.73. The van der Waals surface area contributed by atoms with Crippen molar-refractivity contribution in [2.45, 2.75) is 20.0 Å². The minimum absolute atomic E-state index is 0.00978. The van der Waals surface area contributed by atoms with Crippen LogP contribution in [0.15, 0.2) is 11.6 Å². The summed E-state index contributed by atoms with van der Waals surface area (Å²) < 4.78 is 7.71. The zero-order valence-electron chi connectivity index (χ0n) is 13.4. The summed E-state index contributed by atoms with van der Waals surface area (Å²) in [5.41, 5.74) is 1.90. The van der Waals surface area contributed by atoms with E-state index in [1.54, 1.807) is 16.0 Å². The number of rotatable bonds is 2. The molecule has 0 aliphatic carbocycles. The molecule has 7 nitrogen and oxygen atoms in total. The fourth-order valence-corrected chi connectivity index (χ4v) is 3.70. The van der Waals surface area contributed by atoms with Crippen LogP contribution in [0, 0.1) is 13.8 Å². The van der Waals surface area contributed by atoms with Crippen molar-refractivity contribution < 1.29 is 4.74 Å². The van der Waals surface area contributed by atoms with Gasteiger partial charge >= 0.3 is 0 Å². The van der Waals surface area contributed by atoms with E-state index in [0.717, 1.165) is 46.5 Å². The molecular weight excluding hydrogens is 312 g/mol. The fourth-order valence-electron chi connectivity index (χ4n) is 2.87. The van der Waals surface area contributed by atoms with E-state index in [2.05, 4.69) is 30.3 Å². The number of morpholine rings is 1. The minimum atomic E-state index is -0.00978. The third-order valence-electron chi connectivity index (χ3n) is 3.96. The molecule has 120 valence electrons. The molecule has 0 aromatic carbocycles. The number of thiazole rings is 1. The average molecular weight is 330 g/mol. The van der Waals surface area contributed by atoms with E-state index in [1.807, 2.05) is 27.1 Å². The quantitative estimate of drug-likeness (QED) is 0.716. The van der Waals surface area contributed by atoms with Gasteiger partial charge in [0.2, 0.25) is 0 Å². The van der Waals surface area contributed by atoms with Crippen LogP contribution in [-0.4, -0.2) is 44.4 Å². The lowest BCUT2D eigenvalue weighted by Gasteiger charge is -2.33. The maximum atomic E-state index is 5.92. The smallest absolute Gasteiger partial charge is 0.163 e. The maximum Gasteiger partial charge on any atom is 0.163 e. The molecule has 1 saturated heterocycles. The zero-order chi connectivity index (χ0) is 16.0. The summed E-state index contributed by atoms with van der Waals surface area (Å²) in [4.78, 5) is 16.0. The minimum Gasteiger partial charge on any atom is -0.367 e. The predicted molar refractivity (Wildman–Crippen MR) is 88.8 cm³/mol. The van der Waals surface area contributed by atoms with Crippen LogP contribution in [0.5, 0.6) is 0 Å². The van der Waals surface area contributed by atoms with Gasteiger partial charge in [0.1, 0.15) is 22.8 Å². The van der Waals surface area contributed by atoms with Gasteiger partial charge < -0.3 is 9.64 Å². The van der Waals surface area contributed by atoms with Crippen molar-refractivity contribution in [2.24, 2.45) is 7.05 Å². The van der Waals surface area contributed by atoms with E-state index in [1.165, 1.54) is 0 Å². The van der Waals surface area contributed by atoms with E-state index in [0.29, 0.717) is 6.61 Å². The fraction of sp³-hybridized carbons (Fsp3) is 0.467. The number of ether oxygens (including phenoxy) is 1. The van der Waals surface area contributed by atoms with Crippen molar-refractivity contribution in [3.63, 3.8) is 0 Å². The van der Waals surface area contributed by atoms with Crippen molar-refractivity contribution >= 4 is 28.2 Å². The highest BCUT2D eigenvalue weighted by molar-refractivity contribution is 7.09. The molecule has 1 fully saturated rings. The molecule has 4 heterocycles. The van der Waals surface area contributed by atoms with E-state index in [4.69, 9.17) is 4.74 Å². The highest BCUT2D eigenvalue weighted by Gasteiger charge is 2.27. The van der Waals surface area contributed by atoms with Gasteiger partial charge in [0.25, 0.3) is 0 Å². The summed E-state index contributed by atoms with van der Waals surface area (Å²) in [6.45, 7) is 6.13. The van der Waals surface area contributed by atoms with Crippen LogP contribution in [0.1, 0.15) is 22.6 Å². The van der Waals surface area contributed by atoms with Gasteiger partial charge in [-0.1, -0.05) is 0 Å². The Hall–Kier alpha value is -2.06. The molecule has 0 N–H and O–H groups in total. The van der Waals surface area contributed by atoms with Gasteiger partial charge in [-0.2, -0.15) is 5.10 Å². The second-order valence-corrected chi connectivity index (χ2v) is 6.62. The molecular formula is C15H18N6OS. The first-order chi connectivity index (χ1) is 11.1. The largest absolute Gasteiger partial charge is 0.367 e. The molecule has 0 spiro atoms. The van der Waals surface area contributed by atoms with Gasteiger partial charge in [-0.15, -0.1) is 11.3 Å². The molecule has 3 aromatic rings. The van der Waals surface area contributed by atoms with Gasteiger partial charge in [0.05, 0.1) is 24.7 Å². The SMILES string of the molecule is Cc1csc(C2CN(c3nc(C)nc4c3cnn4C)CCO2)n1. The Morgan fingerprint density at radius 3 is 2.91 bits per heavy atom. The molecule has 0 radical (unpaired) electrons. The molecule has 0 bridgehead atoms. The van der Waals surface area contributed by atoms with Crippen molar-refractivity contribution in [1.82, 2.24) is 24.7 Å². The van der Waals surface area contributed by atoms with E-state index < -0.39 is 0 Å². The second kappa shape index (κ2) is 5.54. The van der Waals surface area contributed by atoms with Crippen LogP contribution in [0.3, 0.4) is 0 Å². The van der Waals surface area contributed by atoms with E-state index >= 15 is 0 Å². The molecule has 8 heteroatoms. The lowest BCUT2D eigenvalue weighted by atomic mass is 10.2. The summed E-state index contributed by atoms with van der Waals surface area (Å²) in [6, 6.07) is 0. The molecule has 3 aromatic heterocycles. The van der Waals surface area contributed by atoms with Gasteiger partial charge in [-0.25, -0.2) is 15.0 Å². The number of anilines is 1. The molecule has 1 aliphatic rings. The number of nitrogens with zero attached hydrogens (tertiary/aromatic N) is 6. The average Bonchev–Trinajstić information content (AvgIpc) is 3.14. The molecule has 1 aliphatic heterocycles. The Labute approximate surface area is 137 Å².